The van der Waals surface area contributed by atoms with Crippen molar-refractivity contribution in [3.63, 3.8) is 0 Å². The fourth-order valence-corrected chi connectivity index (χ4v) is 4.27. The van der Waals surface area contributed by atoms with E-state index in [1.54, 1.807) is 0 Å². The van der Waals surface area contributed by atoms with Gasteiger partial charge in [-0.3, -0.25) is 0 Å². The van der Waals surface area contributed by atoms with Gasteiger partial charge in [-0.05, 0) is 78.4 Å². The Kier molecular flexibility index (Phi) is 6.69. The second-order valence-corrected chi connectivity index (χ2v) is 7.41. The van der Waals surface area contributed by atoms with Crippen LogP contribution in [0.3, 0.4) is 0 Å². The van der Waals surface area contributed by atoms with Crippen molar-refractivity contribution >= 4 is 28.7 Å². The number of hydrogen-bond donors (Lipinski definition) is 2. The van der Waals surface area contributed by atoms with Gasteiger partial charge in [-0.25, -0.2) is 0 Å². The number of benzene rings is 1. The Morgan fingerprint density at radius 2 is 2.05 bits per heavy atom. The van der Waals surface area contributed by atoms with Crippen LogP contribution in [-0.2, 0) is 6.42 Å². The second kappa shape index (κ2) is 8.52. The third-order valence-corrected chi connectivity index (χ3v) is 5.71. The summed E-state index contributed by atoms with van der Waals surface area (Å²) in [5, 5.41) is 3.60. The molecule has 0 radical (unpaired) electrons. The molecule has 1 aromatic carbocycles. The molecule has 0 atom stereocenters. The van der Waals surface area contributed by atoms with Crippen LogP contribution in [0.5, 0.6) is 0 Å². The molecule has 0 amide bonds. The predicted octanol–water partition coefficient (Wildman–Crippen LogP) is 5.20. The fraction of sp³-hybridized carbons (Fsp3) is 0.579. The Balaban J connectivity index is 2.01. The van der Waals surface area contributed by atoms with Crippen LogP contribution < -0.4 is 11.1 Å². The summed E-state index contributed by atoms with van der Waals surface area (Å²) in [6.07, 6.45) is 5.97. The molecule has 1 aliphatic heterocycles. The maximum Gasteiger partial charge on any atom is 0.0606 e. The summed E-state index contributed by atoms with van der Waals surface area (Å²) in [7, 11) is 0. The number of aryl methyl sites for hydroxylation is 1. The van der Waals surface area contributed by atoms with Gasteiger partial charge in [-0.2, -0.15) is 11.8 Å². The van der Waals surface area contributed by atoms with Gasteiger partial charge >= 0.3 is 0 Å². The van der Waals surface area contributed by atoms with Crippen molar-refractivity contribution in [3.05, 3.63) is 29.8 Å². The Bertz CT molecular complexity index is 504. The van der Waals surface area contributed by atoms with Crippen LogP contribution in [0.4, 0.5) is 11.4 Å². The third kappa shape index (κ3) is 4.45. The first-order valence-electron chi connectivity index (χ1n) is 8.57. The van der Waals surface area contributed by atoms with Crippen molar-refractivity contribution < 1.29 is 0 Å². The number of thioether (sulfide) groups is 1. The summed E-state index contributed by atoms with van der Waals surface area (Å²) in [5.74, 6) is 3.56. The molecule has 1 aromatic rings. The molecule has 1 heterocycles. The Labute approximate surface area is 139 Å². The second-order valence-electron chi connectivity index (χ2n) is 6.18. The van der Waals surface area contributed by atoms with Crippen molar-refractivity contribution in [2.45, 2.75) is 46.0 Å². The number of nitrogens with one attached hydrogen (secondary N) is 1. The monoisotopic (exact) mass is 318 g/mol. The van der Waals surface area contributed by atoms with Gasteiger partial charge in [0.25, 0.3) is 0 Å². The van der Waals surface area contributed by atoms with Gasteiger partial charge in [0.2, 0.25) is 0 Å². The first-order valence-corrected chi connectivity index (χ1v) is 9.73. The highest BCUT2D eigenvalue weighted by Crippen LogP contribution is 2.31. The predicted molar refractivity (Wildman–Crippen MR) is 103 cm³/mol. The van der Waals surface area contributed by atoms with Crippen LogP contribution in [0.1, 0.15) is 50.7 Å². The van der Waals surface area contributed by atoms with Crippen LogP contribution >= 0.6 is 11.8 Å². The number of rotatable bonds is 7. The minimum atomic E-state index is 0.864. The van der Waals surface area contributed by atoms with Gasteiger partial charge in [0, 0.05) is 6.54 Å². The highest BCUT2D eigenvalue weighted by Gasteiger charge is 2.14. The molecular weight excluding hydrogens is 288 g/mol. The molecule has 122 valence electrons. The minimum Gasteiger partial charge on any atom is -0.397 e. The number of nitrogen functional groups attached to an aromatic ring is 1. The lowest BCUT2D eigenvalue weighted by molar-refractivity contribution is 0.466. The summed E-state index contributed by atoms with van der Waals surface area (Å²) < 4.78 is 0. The van der Waals surface area contributed by atoms with Crippen LogP contribution in [-0.4, -0.2) is 18.1 Å². The quantitative estimate of drug-likeness (QED) is 0.679. The van der Waals surface area contributed by atoms with Crippen molar-refractivity contribution in [1.29, 1.82) is 0 Å². The van der Waals surface area contributed by atoms with Crippen LogP contribution in [0.15, 0.2) is 18.7 Å². The Hall–Kier alpha value is -1.09. The number of allylic oxidation sites excluding steroid dienone is 1. The van der Waals surface area contributed by atoms with E-state index in [0.717, 1.165) is 42.3 Å². The van der Waals surface area contributed by atoms with Crippen LogP contribution in [0.2, 0.25) is 0 Å². The largest absolute Gasteiger partial charge is 0.397 e. The normalized spacial score (nSPS) is 15.7. The summed E-state index contributed by atoms with van der Waals surface area (Å²) in [4.78, 5) is 0. The Morgan fingerprint density at radius 1 is 1.32 bits per heavy atom. The molecule has 0 saturated carbocycles. The van der Waals surface area contributed by atoms with Crippen molar-refractivity contribution in [1.82, 2.24) is 0 Å². The number of anilines is 2. The van der Waals surface area contributed by atoms with Crippen molar-refractivity contribution in [3.8, 4) is 0 Å². The smallest absolute Gasteiger partial charge is 0.0606 e. The lowest BCUT2D eigenvalue weighted by atomic mass is 9.97. The Morgan fingerprint density at radius 3 is 2.68 bits per heavy atom. The van der Waals surface area contributed by atoms with E-state index in [9.17, 15) is 0 Å². The summed E-state index contributed by atoms with van der Waals surface area (Å²) in [6, 6.07) is 4.33. The molecule has 3 N–H and O–H groups in total. The van der Waals surface area contributed by atoms with Crippen LogP contribution in [0, 0.1) is 5.92 Å². The van der Waals surface area contributed by atoms with Gasteiger partial charge in [0.15, 0.2) is 0 Å². The van der Waals surface area contributed by atoms with E-state index in [-0.39, 0.29) is 0 Å². The molecule has 0 spiro atoms. The highest BCUT2D eigenvalue weighted by atomic mass is 32.2. The third-order valence-electron chi connectivity index (χ3n) is 4.66. The van der Waals surface area contributed by atoms with Gasteiger partial charge in [0.1, 0.15) is 0 Å². The molecule has 22 heavy (non-hydrogen) atoms. The molecule has 0 aliphatic carbocycles. The van der Waals surface area contributed by atoms with Gasteiger partial charge in [-0.1, -0.05) is 20.4 Å². The average Bonchev–Trinajstić information content (AvgIpc) is 2.56. The molecule has 0 unspecified atom stereocenters. The molecule has 0 aromatic heterocycles. The first kappa shape index (κ1) is 17.3. The maximum absolute atomic E-state index is 6.30. The van der Waals surface area contributed by atoms with E-state index >= 15 is 0 Å². The lowest BCUT2D eigenvalue weighted by Gasteiger charge is -2.22. The zero-order chi connectivity index (χ0) is 15.9. The summed E-state index contributed by atoms with van der Waals surface area (Å²) in [6.45, 7) is 9.49. The molecule has 1 saturated heterocycles. The van der Waals surface area contributed by atoms with Gasteiger partial charge < -0.3 is 11.1 Å². The van der Waals surface area contributed by atoms with Gasteiger partial charge in [0.05, 0.1) is 11.4 Å². The zero-order valence-corrected chi connectivity index (χ0v) is 14.9. The van der Waals surface area contributed by atoms with E-state index in [1.807, 2.05) is 0 Å². The van der Waals surface area contributed by atoms with Crippen molar-refractivity contribution in [2.75, 3.05) is 29.1 Å². The van der Waals surface area contributed by atoms with E-state index in [1.165, 1.54) is 41.9 Å². The standard InChI is InChI=1S/C19H30N2S/c1-4-14(3)17-12-16(5-2)19(18(20)13-17)21-9-6-15-7-10-22-11-8-15/h12-13,15,21H,3-11,20H2,1-2H3. The van der Waals surface area contributed by atoms with Crippen LogP contribution in [0.25, 0.3) is 5.57 Å². The first-order chi connectivity index (χ1) is 10.7. The van der Waals surface area contributed by atoms with E-state index < -0.39 is 0 Å². The lowest BCUT2D eigenvalue weighted by Crippen LogP contribution is -2.15. The number of nitrogens with two attached hydrogens (primary N) is 1. The van der Waals surface area contributed by atoms with E-state index in [4.69, 9.17) is 5.73 Å². The minimum absolute atomic E-state index is 0.864. The molecule has 2 nitrogen and oxygen atoms in total. The van der Waals surface area contributed by atoms with E-state index in [0.29, 0.717) is 0 Å². The maximum atomic E-state index is 6.30. The topological polar surface area (TPSA) is 38.0 Å². The summed E-state index contributed by atoms with van der Waals surface area (Å²) >= 11 is 2.09. The zero-order valence-electron chi connectivity index (χ0n) is 14.1. The molecular formula is C19H30N2S. The molecule has 0 bridgehead atoms. The summed E-state index contributed by atoms with van der Waals surface area (Å²) in [5.41, 5.74) is 12.0. The molecule has 1 aliphatic rings. The number of hydrogen-bond acceptors (Lipinski definition) is 3. The van der Waals surface area contributed by atoms with E-state index in [2.05, 4.69) is 49.6 Å². The molecule has 1 fully saturated rings. The SMILES string of the molecule is C=C(CC)c1cc(N)c(NCCC2CCSCC2)c(CC)c1. The fourth-order valence-electron chi connectivity index (χ4n) is 3.07. The molecule has 3 heteroatoms. The van der Waals surface area contributed by atoms with Gasteiger partial charge in [-0.15, -0.1) is 0 Å². The highest BCUT2D eigenvalue weighted by molar-refractivity contribution is 7.99. The molecule has 2 rings (SSSR count). The average molecular weight is 319 g/mol. The van der Waals surface area contributed by atoms with Crippen molar-refractivity contribution in [2.24, 2.45) is 5.92 Å².